The molecule has 1 aliphatic heterocycles. The molecule has 1 atom stereocenters. The van der Waals surface area contributed by atoms with Crippen LogP contribution < -0.4 is 0 Å². The largest absolute Gasteiger partial charge is 0.481 e. The van der Waals surface area contributed by atoms with Gasteiger partial charge in [-0.15, -0.1) is 11.8 Å². The number of thioether (sulfide) groups is 1. The molecule has 120 valence electrons. The first-order chi connectivity index (χ1) is 10.6. The third kappa shape index (κ3) is 5.30. The topological polar surface area (TPSA) is 66.8 Å². The first-order valence-corrected chi connectivity index (χ1v) is 8.81. The predicted molar refractivity (Wildman–Crippen MR) is 88.1 cm³/mol. The molecule has 1 aliphatic rings. The lowest BCUT2D eigenvalue weighted by molar-refractivity contribution is -0.146. The Morgan fingerprint density at radius 1 is 1.36 bits per heavy atom. The number of halogens is 1. The van der Waals surface area contributed by atoms with Crippen molar-refractivity contribution in [1.82, 2.24) is 4.90 Å². The molecule has 0 aliphatic carbocycles. The SMILES string of the molecule is O=C(O)CC1COCCN1C(=O)CCSc1ccc(Br)cc1. The van der Waals surface area contributed by atoms with Gasteiger partial charge in [0.2, 0.25) is 5.91 Å². The summed E-state index contributed by atoms with van der Waals surface area (Å²) in [6.45, 7) is 1.25. The van der Waals surface area contributed by atoms with Crippen molar-refractivity contribution < 1.29 is 19.4 Å². The minimum absolute atomic E-state index is 0.000776. The van der Waals surface area contributed by atoms with Gasteiger partial charge in [-0.05, 0) is 24.3 Å². The van der Waals surface area contributed by atoms with Gasteiger partial charge in [-0.2, -0.15) is 0 Å². The second-order valence-electron chi connectivity index (χ2n) is 4.97. The van der Waals surface area contributed by atoms with Crippen LogP contribution in [0.1, 0.15) is 12.8 Å². The van der Waals surface area contributed by atoms with Crippen LogP contribution in [0.5, 0.6) is 0 Å². The summed E-state index contributed by atoms with van der Waals surface area (Å²) in [6.07, 6.45) is 0.336. The third-order valence-electron chi connectivity index (χ3n) is 3.36. The molecule has 0 bridgehead atoms. The molecular weight excluding hydrogens is 370 g/mol. The van der Waals surface area contributed by atoms with Gasteiger partial charge in [0.25, 0.3) is 0 Å². The summed E-state index contributed by atoms with van der Waals surface area (Å²) in [5.74, 6) is -0.228. The molecule has 0 radical (unpaired) electrons. The number of hydrogen-bond donors (Lipinski definition) is 1. The molecule has 2 rings (SSSR count). The van der Waals surface area contributed by atoms with Crippen LogP contribution in [0.25, 0.3) is 0 Å². The van der Waals surface area contributed by atoms with Gasteiger partial charge in [-0.3, -0.25) is 9.59 Å². The summed E-state index contributed by atoms with van der Waals surface area (Å²) >= 11 is 5.01. The van der Waals surface area contributed by atoms with Crippen LogP contribution in [0.3, 0.4) is 0 Å². The van der Waals surface area contributed by atoms with E-state index in [1.54, 1.807) is 16.7 Å². The highest BCUT2D eigenvalue weighted by Gasteiger charge is 2.28. The quantitative estimate of drug-likeness (QED) is 0.759. The van der Waals surface area contributed by atoms with Gasteiger partial charge >= 0.3 is 5.97 Å². The molecule has 7 heteroatoms. The molecule has 1 unspecified atom stereocenters. The Morgan fingerprint density at radius 2 is 2.09 bits per heavy atom. The number of ether oxygens (including phenoxy) is 1. The number of amides is 1. The highest BCUT2D eigenvalue weighted by atomic mass is 79.9. The number of carbonyl (C=O) groups is 2. The highest BCUT2D eigenvalue weighted by Crippen LogP contribution is 2.22. The lowest BCUT2D eigenvalue weighted by atomic mass is 10.1. The molecule has 1 aromatic rings. The zero-order valence-electron chi connectivity index (χ0n) is 12.0. The maximum Gasteiger partial charge on any atom is 0.305 e. The predicted octanol–water partition coefficient (Wildman–Crippen LogP) is 2.63. The molecule has 0 spiro atoms. The molecule has 1 aromatic carbocycles. The van der Waals surface area contributed by atoms with Crippen molar-refractivity contribution in [1.29, 1.82) is 0 Å². The molecule has 1 amide bonds. The minimum atomic E-state index is -0.905. The van der Waals surface area contributed by atoms with Crippen molar-refractivity contribution in [2.45, 2.75) is 23.8 Å². The van der Waals surface area contributed by atoms with Gasteiger partial charge in [0.15, 0.2) is 0 Å². The minimum Gasteiger partial charge on any atom is -0.481 e. The third-order valence-corrected chi connectivity index (χ3v) is 4.90. The number of hydrogen-bond acceptors (Lipinski definition) is 4. The zero-order chi connectivity index (χ0) is 15.9. The Labute approximate surface area is 142 Å². The second kappa shape index (κ2) is 8.55. The number of nitrogens with zero attached hydrogens (tertiary/aromatic N) is 1. The lowest BCUT2D eigenvalue weighted by Gasteiger charge is -2.34. The van der Waals surface area contributed by atoms with Crippen LogP contribution in [0, 0.1) is 0 Å². The van der Waals surface area contributed by atoms with Gasteiger partial charge in [0.1, 0.15) is 0 Å². The van der Waals surface area contributed by atoms with Gasteiger partial charge in [-0.1, -0.05) is 15.9 Å². The summed E-state index contributed by atoms with van der Waals surface area (Å²) in [5.41, 5.74) is 0. The van der Waals surface area contributed by atoms with Gasteiger partial charge < -0.3 is 14.7 Å². The first-order valence-electron chi connectivity index (χ1n) is 7.03. The van der Waals surface area contributed by atoms with Gasteiger partial charge in [-0.25, -0.2) is 0 Å². The summed E-state index contributed by atoms with van der Waals surface area (Å²) in [6, 6.07) is 7.59. The van der Waals surface area contributed by atoms with E-state index in [2.05, 4.69) is 15.9 Å². The van der Waals surface area contributed by atoms with Crippen molar-refractivity contribution >= 4 is 39.6 Å². The number of benzene rings is 1. The van der Waals surface area contributed by atoms with Crippen molar-refractivity contribution in [2.24, 2.45) is 0 Å². The molecule has 1 fully saturated rings. The maximum absolute atomic E-state index is 12.3. The summed E-state index contributed by atoms with van der Waals surface area (Å²) in [7, 11) is 0. The van der Waals surface area contributed by atoms with Crippen molar-refractivity contribution in [3.63, 3.8) is 0 Å². The maximum atomic E-state index is 12.3. The molecule has 5 nitrogen and oxygen atoms in total. The van der Waals surface area contributed by atoms with Crippen LogP contribution in [-0.4, -0.2) is 53.4 Å². The normalized spacial score (nSPS) is 18.2. The smallest absolute Gasteiger partial charge is 0.305 e. The summed E-state index contributed by atoms with van der Waals surface area (Å²) in [5, 5.41) is 8.91. The lowest BCUT2D eigenvalue weighted by Crippen LogP contribution is -2.49. The number of carboxylic acid groups (broad SMARTS) is 1. The number of morpholine rings is 1. The average Bonchev–Trinajstić information content (AvgIpc) is 2.49. The fourth-order valence-electron chi connectivity index (χ4n) is 2.28. The first kappa shape index (κ1) is 17.3. The highest BCUT2D eigenvalue weighted by molar-refractivity contribution is 9.10. The van der Waals surface area contributed by atoms with Gasteiger partial charge in [0.05, 0.1) is 25.7 Å². The second-order valence-corrected chi connectivity index (χ2v) is 7.05. The van der Waals surface area contributed by atoms with E-state index >= 15 is 0 Å². The molecule has 0 saturated carbocycles. The van der Waals surface area contributed by atoms with E-state index in [4.69, 9.17) is 9.84 Å². The van der Waals surface area contributed by atoms with E-state index in [0.717, 1.165) is 9.37 Å². The molecular formula is C15H18BrNO4S. The Balaban J connectivity index is 1.82. The fraction of sp³-hybridized carbons (Fsp3) is 0.467. The summed E-state index contributed by atoms with van der Waals surface area (Å²) < 4.78 is 6.31. The Bertz CT molecular complexity index is 523. The summed E-state index contributed by atoms with van der Waals surface area (Å²) in [4.78, 5) is 25.9. The number of carbonyl (C=O) groups excluding carboxylic acids is 1. The van der Waals surface area contributed by atoms with Crippen LogP contribution in [0.4, 0.5) is 0 Å². The van der Waals surface area contributed by atoms with E-state index in [1.165, 1.54) is 0 Å². The van der Waals surface area contributed by atoms with Crippen molar-refractivity contribution in [3.8, 4) is 0 Å². The van der Waals surface area contributed by atoms with Crippen LogP contribution >= 0.6 is 27.7 Å². The van der Waals surface area contributed by atoms with Crippen LogP contribution in [-0.2, 0) is 14.3 Å². The van der Waals surface area contributed by atoms with Crippen LogP contribution in [0.2, 0.25) is 0 Å². The standard InChI is InChI=1S/C15H18BrNO4S/c16-11-1-3-13(4-2-11)22-8-5-14(18)17-6-7-21-10-12(17)9-15(19)20/h1-4,12H,5-10H2,(H,19,20). The molecule has 22 heavy (non-hydrogen) atoms. The molecule has 0 aromatic heterocycles. The average molecular weight is 388 g/mol. The Morgan fingerprint density at radius 3 is 2.77 bits per heavy atom. The number of carboxylic acids is 1. The Kier molecular flexibility index (Phi) is 6.72. The number of aliphatic carboxylic acids is 1. The number of rotatable bonds is 6. The van der Waals surface area contributed by atoms with Crippen molar-refractivity contribution in [2.75, 3.05) is 25.5 Å². The van der Waals surface area contributed by atoms with E-state index < -0.39 is 5.97 Å². The molecule has 1 saturated heterocycles. The molecule has 1 N–H and O–H groups in total. The Hall–Kier alpha value is -1.05. The zero-order valence-corrected chi connectivity index (χ0v) is 14.4. The fourth-order valence-corrected chi connectivity index (χ4v) is 3.39. The van der Waals surface area contributed by atoms with Crippen LogP contribution in [0.15, 0.2) is 33.6 Å². The van der Waals surface area contributed by atoms with E-state index in [9.17, 15) is 9.59 Å². The van der Waals surface area contributed by atoms with Crippen molar-refractivity contribution in [3.05, 3.63) is 28.7 Å². The van der Waals surface area contributed by atoms with E-state index in [0.29, 0.717) is 31.9 Å². The van der Waals surface area contributed by atoms with Gasteiger partial charge in [0, 0.05) is 28.1 Å². The monoisotopic (exact) mass is 387 g/mol. The van der Waals surface area contributed by atoms with E-state index in [1.807, 2.05) is 24.3 Å². The molecule has 1 heterocycles. The van der Waals surface area contributed by atoms with E-state index in [-0.39, 0.29) is 18.4 Å².